The van der Waals surface area contributed by atoms with E-state index in [0.717, 1.165) is 0 Å². The summed E-state index contributed by atoms with van der Waals surface area (Å²) in [5, 5.41) is 2.75. The molecular weight excluding hydrogens is 366 g/mol. The second-order valence-corrected chi connectivity index (χ2v) is 6.22. The number of hydrogen-bond donors (Lipinski definition) is 2. The Morgan fingerprint density at radius 2 is 1.48 bits per heavy atom. The van der Waals surface area contributed by atoms with E-state index in [9.17, 15) is 9.59 Å². The van der Waals surface area contributed by atoms with E-state index < -0.39 is 17.9 Å². The maximum absolute atomic E-state index is 12.9. The van der Waals surface area contributed by atoms with Crippen LogP contribution in [-0.4, -0.2) is 24.8 Å². The molecule has 146 valence electrons. The van der Waals surface area contributed by atoms with E-state index in [-0.39, 0.29) is 5.84 Å². The van der Waals surface area contributed by atoms with Crippen LogP contribution in [0.25, 0.3) is 0 Å². The zero-order chi connectivity index (χ0) is 20.6. The lowest BCUT2D eigenvalue weighted by Gasteiger charge is -2.17. The molecule has 0 bridgehead atoms. The van der Waals surface area contributed by atoms with Gasteiger partial charge < -0.3 is 15.8 Å². The van der Waals surface area contributed by atoms with Gasteiger partial charge in [0.15, 0.2) is 0 Å². The molecule has 3 rings (SSSR count). The molecule has 0 fully saturated rings. The Hall–Kier alpha value is -3.93. The van der Waals surface area contributed by atoms with Crippen LogP contribution in [0.15, 0.2) is 89.9 Å². The van der Waals surface area contributed by atoms with Crippen molar-refractivity contribution in [3.05, 3.63) is 102 Å². The minimum atomic E-state index is -0.990. The molecule has 0 aliphatic carbocycles. The third-order valence-electron chi connectivity index (χ3n) is 4.31. The zero-order valence-corrected chi connectivity index (χ0v) is 15.9. The molecule has 3 N–H and O–H groups in total. The Kier molecular flexibility index (Phi) is 6.37. The van der Waals surface area contributed by atoms with Gasteiger partial charge in [0.2, 0.25) is 0 Å². The molecule has 29 heavy (non-hydrogen) atoms. The fraction of sp³-hybridized carbons (Fsp3) is 0.0870. The summed E-state index contributed by atoms with van der Waals surface area (Å²) >= 11 is 0. The number of nitrogens with two attached hydrogens (primary N) is 1. The molecule has 3 aromatic rings. The van der Waals surface area contributed by atoms with Crippen molar-refractivity contribution in [2.45, 2.75) is 6.04 Å². The molecule has 0 aliphatic heterocycles. The topological polar surface area (TPSA) is 93.8 Å². The number of para-hydroxylation sites is 1. The van der Waals surface area contributed by atoms with Gasteiger partial charge in [-0.05, 0) is 17.7 Å². The maximum atomic E-state index is 12.9. The summed E-state index contributed by atoms with van der Waals surface area (Å²) in [6.45, 7) is 0. The number of methoxy groups -OCH3 is 1. The van der Waals surface area contributed by atoms with Crippen molar-refractivity contribution in [2.24, 2.45) is 10.7 Å². The minimum absolute atomic E-state index is 0.0862. The largest absolute Gasteiger partial charge is 0.496 e. The Morgan fingerprint density at radius 3 is 2.14 bits per heavy atom. The van der Waals surface area contributed by atoms with Crippen LogP contribution in [-0.2, 0) is 4.79 Å². The molecular formula is C23H21N3O3. The first-order chi connectivity index (χ1) is 14.1. The van der Waals surface area contributed by atoms with Gasteiger partial charge in [-0.1, -0.05) is 72.8 Å². The van der Waals surface area contributed by atoms with Gasteiger partial charge in [-0.25, -0.2) is 0 Å². The number of hydrogen-bond acceptors (Lipinski definition) is 3. The third-order valence-corrected chi connectivity index (χ3v) is 4.31. The number of benzene rings is 3. The summed E-state index contributed by atoms with van der Waals surface area (Å²) in [5.41, 5.74) is 7.55. The number of ether oxygens (including phenoxy) is 1. The third kappa shape index (κ3) is 4.87. The van der Waals surface area contributed by atoms with E-state index >= 15 is 0 Å². The molecule has 0 radical (unpaired) electrons. The van der Waals surface area contributed by atoms with Crippen molar-refractivity contribution in [3.63, 3.8) is 0 Å². The molecule has 0 saturated heterocycles. The lowest BCUT2D eigenvalue weighted by atomic mass is 10.1. The highest BCUT2D eigenvalue weighted by molar-refractivity contribution is 6.06. The van der Waals surface area contributed by atoms with Crippen molar-refractivity contribution in [1.29, 1.82) is 0 Å². The Labute approximate surface area is 169 Å². The second-order valence-electron chi connectivity index (χ2n) is 6.22. The number of amidine groups is 1. The van der Waals surface area contributed by atoms with Crippen LogP contribution in [0.3, 0.4) is 0 Å². The molecule has 6 heteroatoms. The van der Waals surface area contributed by atoms with Gasteiger partial charge in [0.25, 0.3) is 11.8 Å². The number of rotatable bonds is 6. The van der Waals surface area contributed by atoms with Gasteiger partial charge in [0.05, 0.1) is 12.7 Å². The first kappa shape index (κ1) is 19.8. The molecule has 0 heterocycles. The van der Waals surface area contributed by atoms with Crippen LogP contribution in [0.1, 0.15) is 27.5 Å². The highest BCUT2D eigenvalue weighted by atomic mass is 16.5. The average Bonchev–Trinajstić information content (AvgIpc) is 2.78. The van der Waals surface area contributed by atoms with Crippen molar-refractivity contribution >= 4 is 17.6 Å². The Balaban J connectivity index is 1.91. The molecule has 1 unspecified atom stereocenters. The second kappa shape index (κ2) is 9.32. The van der Waals surface area contributed by atoms with Crippen LogP contribution >= 0.6 is 0 Å². The number of nitrogens with one attached hydrogen (secondary N) is 1. The van der Waals surface area contributed by atoms with Crippen molar-refractivity contribution < 1.29 is 14.3 Å². The normalized spacial score (nSPS) is 12.1. The quantitative estimate of drug-likeness (QED) is 0.502. The molecule has 6 nitrogen and oxygen atoms in total. The van der Waals surface area contributed by atoms with Crippen molar-refractivity contribution in [3.8, 4) is 5.75 Å². The molecule has 0 aliphatic rings. The van der Waals surface area contributed by atoms with Gasteiger partial charge in [-0.3, -0.25) is 9.59 Å². The molecule has 0 aromatic heterocycles. The SMILES string of the molecule is COc1ccccc1C(=O)NC(C(=O)N=C(N)c1ccccc1)c1ccccc1. The lowest BCUT2D eigenvalue weighted by Crippen LogP contribution is -2.34. The van der Waals surface area contributed by atoms with Gasteiger partial charge in [-0.2, -0.15) is 4.99 Å². The maximum Gasteiger partial charge on any atom is 0.274 e. The van der Waals surface area contributed by atoms with E-state index in [0.29, 0.717) is 22.4 Å². The number of amides is 2. The highest BCUT2D eigenvalue weighted by Gasteiger charge is 2.24. The van der Waals surface area contributed by atoms with Crippen molar-refractivity contribution in [1.82, 2.24) is 5.32 Å². The standard InChI is InChI=1S/C23H21N3O3/c1-29-19-15-9-8-14-18(19)22(27)25-20(16-10-4-2-5-11-16)23(28)26-21(24)17-12-6-3-7-13-17/h2-15,20H,1H3,(H,25,27)(H2,24,26,28). The smallest absolute Gasteiger partial charge is 0.274 e. The first-order valence-electron chi connectivity index (χ1n) is 9.02. The van der Waals surface area contributed by atoms with E-state index in [1.165, 1.54) is 7.11 Å². The van der Waals surface area contributed by atoms with E-state index in [1.807, 2.05) is 12.1 Å². The van der Waals surface area contributed by atoms with E-state index in [1.54, 1.807) is 72.8 Å². The van der Waals surface area contributed by atoms with Gasteiger partial charge in [-0.15, -0.1) is 0 Å². The summed E-state index contributed by atoms with van der Waals surface area (Å²) in [7, 11) is 1.48. The van der Waals surface area contributed by atoms with Crippen LogP contribution in [0, 0.1) is 0 Å². The van der Waals surface area contributed by atoms with E-state index in [2.05, 4.69) is 10.3 Å². The first-order valence-corrected chi connectivity index (χ1v) is 9.02. The fourth-order valence-corrected chi connectivity index (χ4v) is 2.83. The van der Waals surface area contributed by atoms with E-state index in [4.69, 9.17) is 10.5 Å². The average molecular weight is 387 g/mol. The summed E-state index contributed by atoms with van der Waals surface area (Å²) in [4.78, 5) is 29.8. The monoisotopic (exact) mass is 387 g/mol. The molecule has 2 amide bonds. The molecule has 0 spiro atoms. The predicted octanol–water partition coefficient (Wildman–Crippen LogP) is 3.10. The summed E-state index contributed by atoms with van der Waals surface area (Å²) in [5.74, 6) is -0.515. The van der Waals surface area contributed by atoms with Gasteiger partial charge in [0.1, 0.15) is 17.6 Å². The van der Waals surface area contributed by atoms with Gasteiger partial charge >= 0.3 is 0 Å². The summed E-state index contributed by atoms with van der Waals surface area (Å²) in [6.07, 6.45) is 0. The summed E-state index contributed by atoms with van der Waals surface area (Å²) < 4.78 is 5.24. The number of aliphatic imine (C=N–C) groups is 1. The minimum Gasteiger partial charge on any atom is -0.496 e. The van der Waals surface area contributed by atoms with Crippen LogP contribution < -0.4 is 15.8 Å². The molecule has 0 saturated carbocycles. The Bertz CT molecular complexity index is 1020. The number of nitrogens with zero attached hydrogens (tertiary/aromatic N) is 1. The molecule has 1 atom stereocenters. The van der Waals surface area contributed by atoms with Gasteiger partial charge in [0, 0.05) is 5.56 Å². The van der Waals surface area contributed by atoms with Crippen molar-refractivity contribution in [2.75, 3.05) is 7.11 Å². The fourth-order valence-electron chi connectivity index (χ4n) is 2.83. The Morgan fingerprint density at radius 1 is 0.897 bits per heavy atom. The highest BCUT2D eigenvalue weighted by Crippen LogP contribution is 2.20. The van der Waals surface area contributed by atoms with Crippen LogP contribution in [0.5, 0.6) is 5.75 Å². The number of carbonyl (C=O) groups is 2. The zero-order valence-electron chi connectivity index (χ0n) is 15.9. The van der Waals surface area contributed by atoms with Crippen LogP contribution in [0.4, 0.5) is 0 Å². The predicted molar refractivity (Wildman–Crippen MR) is 112 cm³/mol. The van der Waals surface area contributed by atoms with Crippen LogP contribution in [0.2, 0.25) is 0 Å². The number of carbonyl (C=O) groups excluding carboxylic acids is 2. The lowest BCUT2D eigenvalue weighted by molar-refractivity contribution is -0.119. The molecule has 3 aromatic carbocycles. The summed E-state index contributed by atoms with van der Waals surface area (Å²) in [6, 6.07) is 23.7.